The Morgan fingerprint density at radius 2 is 0.520 bits per heavy atom. The number of fused-ring (bicyclic) bond motifs is 8. The number of hydrogen-bond acceptors (Lipinski definition) is 3. The van der Waals surface area contributed by atoms with E-state index in [9.17, 15) is 0 Å². The van der Waals surface area contributed by atoms with Crippen LogP contribution in [0.5, 0.6) is 0 Å². The fraction of sp³-hybridized carbons (Fsp3) is 0. The number of hydrogen-bond donors (Lipinski definition) is 0. The third kappa shape index (κ3) is 5.84. The second-order valence-electron chi connectivity index (χ2n) is 11.8. The zero-order chi connectivity index (χ0) is 31.9. The van der Waals surface area contributed by atoms with Crippen molar-refractivity contribution < 1.29 is 24.0 Å². The first-order valence-corrected chi connectivity index (χ1v) is 16.1. The van der Waals surface area contributed by atoms with Gasteiger partial charge in [0, 0.05) is 18.6 Å². The Morgan fingerprint density at radius 1 is 0.300 bits per heavy atom. The standard InChI is InChI=1S/C44H28N4.H2O.V/c1-5-13-29(14-6-1)41-33-21-23-35(45-33)42(30-15-7-2-8-16-30)37-25-27-39(47-37)44(32-19-11-4-12-20-32)40-28-26-38(48-40)43(31-17-9-3-10-18-31)36-24-22-34(41)46-36;;/h1-28H;1H2;/q-2;;/p-1. The molecule has 2 aliphatic heterocycles. The third-order valence-electron chi connectivity index (χ3n) is 8.86. The van der Waals surface area contributed by atoms with Gasteiger partial charge in [-0.3, -0.25) is 0 Å². The van der Waals surface area contributed by atoms with E-state index in [1.165, 1.54) is 0 Å². The molecule has 0 atom stereocenters. The average molecular weight is 681 g/mol. The van der Waals surface area contributed by atoms with Crippen LogP contribution >= 0.6 is 0 Å². The van der Waals surface area contributed by atoms with Crippen LogP contribution in [0.1, 0.15) is 22.8 Å². The fourth-order valence-corrected chi connectivity index (χ4v) is 6.69. The number of nitrogens with zero attached hydrogens (tertiary/aromatic N) is 4. The van der Waals surface area contributed by atoms with Gasteiger partial charge in [0.15, 0.2) is 0 Å². The zero-order valence-electron chi connectivity index (χ0n) is 26.8. The van der Waals surface area contributed by atoms with E-state index in [2.05, 4.69) is 146 Å². The van der Waals surface area contributed by atoms with Crippen LogP contribution in [0.4, 0.5) is 0 Å². The van der Waals surface area contributed by atoms with Gasteiger partial charge in [-0.2, -0.15) is 0 Å². The molecule has 5 nitrogen and oxygen atoms in total. The third-order valence-corrected chi connectivity index (χ3v) is 8.86. The predicted octanol–water partition coefficient (Wildman–Crippen LogP) is 10.4. The van der Waals surface area contributed by atoms with Crippen LogP contribution in [0, 0.1) is 0 Å². The Labute approximate surface area is 302 Å². The smallest absolute Gasteiger partial charge is 0.0704 e. The van der Waals surface area contributed by atoms with Gasteiger partial charge in [-0.1, -0.05) is 146 Å². The molecule has 0 saturated heterocycles. The predicted molar refractivity (Wildman–Crippen MR) is 200 cm³/mol. The molecule has 1 radical (unpaired) electrons. The Balaban J connectivity index is 0.00000196. The number of benzene rings is 4. The molecule has 9 rings (SSSR count). The molecule has 5 heterocycles. The second-order valence-corrected chi connectivity index (χ2v) is 11.8. The Kier molecular flexibility index (Phi) is 9.03. The molecule has 2 aliphatic rings. The summed E-state index contributed by atoms with van der Waals surface area (Å²) in [6.07, 6.45) is 8.41. The molecule has 6 heteroatoms. The maximum atomic E-state index is 5.31. The van der Waals surface area contributed by atoms with Crippen molar-refractivity contribution in [3.05, 3.63) is 168 Å². The van der Waals surface area contributed by atoms with Crippen molar-refractivity contribution in [2.75, 3.05) is 0 Å². The summed E-state index contributed by atoms with van der Waals surface area (Å²) in [5.74, 6) is 0. The minimum atomic E-state index is 0. The van der Waals surface area contributed by atoms with E-state index in [0.29, 0.717) is 0 Å². The van der Waals surface area contributed by atoms with Gasteiger partial charge < -0.3 is 15.4 Å². The van der Waals surface area contributed by atoms with Gasteiger partial charge in [-0.15, -0.1) is 22.1 Å². The van der Waals surface area contributed by atoms with E-state index in [0.717, 1.165) is 89.4 Å². The van der Waals surface area contributed by atoms with E-state index in [1.54, 1.807) is 0 Å². The topological polar surface area (TPSA) is 84.0 Å². The molecule has 0 saturated carbocycles. The van der Waals surface area contributed by atoms with Crippen molar-refractivity contribution in [1.29, 1.82) is 0 Å². The van der Waals surface area contributed by atoms with Crippen molar-refractivity contribution in [2.45, 2.75) is 0 Å². The molecule has 7 aromatic rings. The SMILES string of the molecule is C1=Cc2nc1c(-c1ccccc1)c1ccc([n-]1)c(-c1ccccc1)c1nc(c(-c3ccccc3)c3ccc([n-]3)c2-c2ccccc2)C=C1.[OH-].[V]. The number of rotatable bonds is 4. The summed E-state index contributed by atoms with van der Waals surface area (Å²) < 4.78 is 0. The van der Waals surface area contributed by atoms with Gasteiger partial charge in [0.05, 0.1) is 22.8 Å². The van der Waals surface area contributed by atoms with E-state index in [-0.39, 0.29) is 24.0 Å². The zero-order valence-corrected chi connectivity index (χ0v) is 28.2. The van der Waals surface area contributed by atoms with E-state index < -0.39 is 0 Å². The summed E-state index contributed by atoms with van der Waals surface area (Å²) >= 11 is 0. The molecule has 3 aromatic heterocycles. The minimum absolute atomic E-state index is 0. The van der Waals surface area contributed by atoms with Gasteiger partial charge in [-0.25, -0.2) is 9.97 Å². The Morgan fingerprint density at radius 3 is 0.740 bits per heavy atom. The largest absolute Gasteiger partial charge is 0.870 e. The molecule has 0 fully saturated rings. The molecule has 0 unspecified atom stereocenters. The first-order valence-electron chi connectivity index (χ1n) is 16.1. The first kappa shape index (κ1) is 32.6. The minimum Gasteiger partial charge on any atom is -0.870 e. The summed E-state index contributed by atoms with van der Waals surface area (Å²) in [6, 6.07) is 50.0. The quantitative estimate of drug-likeness (QED) is 0.185. The van der Waals surface area contributed by atoms with Gasteiger partial charge >= 0.3 is 0 Å². The summed E-state index contributed by atoms with van der Waals surface area (Å²) in [5, 5.41) is 0. The fourth-order valence-electron chi connectivity index (χ4n) is 6.69. The van der Waals surface area contributed by atoms with Crippen molar-refractivity contribution in [1.82, 2.24) is 19.9 Å². The molecule has 1 N–H and O–H groups in total. The molecule has 50 heavy (non-hydrogen) atoms. The summed E-state index contributed by atoms with van der Waals surface area (Å²) in [5.41, 5.74) is 15.0. The van der Waals surface area contributed by atoms with E-state index >= 15 is 0 Å². The van der Waals surface area contributed by atoms with Gasteiger partial charge in [0.2, 0.25) is 0 Å². The van der Waals surface area contributed by atoms with Crippen LogP contribution in [-0.2, 0) is 18.6 Å². The molecule has 239 valence electrons. The molecule has 0 amide bonds. The molecule has 4 aromatic carbocycles. The van der Waals surface area contributed by atoms with Crippen LogP contribution in [0.25, 0.3) is 90.9 Å². The van der Waals surface area contributed by atoms with Crippen molar-refractivity contribution >= 4 is 46.4 Å². The number of aromatic nitrogens is 4. The summed E-state index contributed by atoms with van der Waals surface area (Å²) in [6.45, 7) is 0. The van der Waals surface area contributed by atoms with E-state index in [1.807, 2.05) is 24.3 Å². The van der Waals surface area contributed by atoms with Crippen molar-refractivity contribution in [3.63, 3.8) is 0 Å². The summed E-state index contributed by atoms with van der Waals surface area (Å²) in [7, 11) is 0. The molecule has 8 bridgehead atoms. The first-order chi connectivity index (χ1) is 23.8. The van der Waals surface area contributed by atoms with Gasteiger partial charge in [0.1, 0.15) is 0 Å². The molecular formula is C44H29N4OV-3. The Hall–Kier alpha value is -5.98. The second kappa shape index (κ2) is 13.9. The summed E-state index contributed by atoms with van der Waals surface area (Å²) in [4.78, 5) is 21.2. The maximum Gasteiger partial charge on any atom is 0.0704 e. The molecule has 0 aliphatic carbocycles. The maximum absolute atomic E-state index is 5.31. The average Bonchev–Trinajstić information content (AvgIpc) is 3.98. The van der Waals surface area contributed by atoms with Crippen LogP contribution in [0.3, 0.4) is 0 Å². The monoisotopic (exact) mass is 680 g/mol. The van der Waals surface area contributed by atoms with Gasteiger partial charge in [0.25, 0.3) is 0 Å². The Bertz CT molecular complexity index is 2190. The van der Waals surface area contributed by atoms with Crippen LogP contribution in [-0.4, -0.2) is 15.4 Å². The van der Waals surface area contributed by atoms with Gasteiger partial charge in [-0.05, 0) is 68.8 Å². The molecule has 0 spiro atoms. The van der Waals surface area contributed by atoms with E-state index in [4.69, 9.17) is 19.9 Å². The normalized spacial score (nSPS) is 11.5. The van der Waals surface area contributed by atoms with Crippen LogP contribution in [0.15, 0.2) is 146 Å². The van der Waals surface area contributed by atoms with Crippen LogP contribution < -0.4 is 9.97 Å². The van der Waals surface area contributed by atoms with Crippen molar-refractivity contribution in [2.24, 2.45) is 0 Å². The van der Waals surface area contributed by atoms with Crippen molar-refractivity contribution in [3.8, 4) is 44.5 Å². The molecular weight excluding hydrogens is 651 g/mol. The van der Waals surface area contributed by atoms with Crippen LogP contribution in [0.2, 0.25) is 0 Å².